The average Bonchev–Trinajstić information content (AvgIpc) is 2.51. The highest BCUT2D eigenvalue weighted by Crippen LogP contribution is 2.00. The molecule has 70 valence electrons. The first-order valence-corrected chi connectivity index (χ1v) is 4.25. The minimum Gasteiger partial charge on any atom is -0.361 e. The van der Waals surface area contributed by atoms with Gasteiger partial charge in [0, 0.05) is 19.2 Å². The number of rotatable bonds is 4. The molecule has 13 heavy (non-hydrogen) atoms. The van der Waals surface area contributed by atoms with Crippen molar-refractivity contribution >= 4 is 0 Å². The number of hydrogen-bond acceptors (Lipinski definition) is 4. The van der Waals surface area contributed by atoms with Crippen LogP contribution < -0.4 is 5.32 Å². The van der Waals surface area contributed by atoms with Crippen molar-refractivity contribution in [3.63, 3.8) is 0 Å². The summed E-state index contributed by atoms with van der Waals surface area (Å²) >= 11 is 0. The van der Waals surface area contributed by atoms with Crippen LogP contribution in [-0.4, -0.2) is 11.7 Å². The van der Waals surface area contributed by atoms with Crippen molar-refractivity contribution in [3.8, 4) is 6.07 Å². The molecule has 1 aromatic heterocycles. The highest BCUT2D eigenvalue weighted by Gasteiger charge is 2.01. The fourth-order valence-electron chi connectivity index (χ4n) is 0.964. The van der Waals surface area contributed by atoms with E-state index in [-0.39, 0.29) is 5.92 Å². The molecule has 4 heteroatoms. The van der Waals surface area contributed by atoms with E-state index >= 15 is 0 Å². The molecule has 0 aromatic carbocycles. The van der Waals surface area contributed by atoms with Crippen LogP contribution in [0.3, 0.4) is 0 Å². The Morgan fingerprint density at radius 3 is 3.08 bits per heavy atom. The first-order valence-electron chi connectivity index (χ1n) is 4.25. The summed E-state index contributed by atoms with van der Waals surface area (Å²) in [5.41, 5.74) is 0.877. The van der Waals surface area contributed by atoms with Gasteiger partial charge in [-0.3, -0.25) is 0 Å². The summed E-state index contributed by atoms with van der Waals surface area (Å²) in [6, 6.07) is 4.03. The van der Waals surface area contributed by atoms with Gasteiger partial charge in [0.05, 0.1) is 17.7 Å². The van der Waals surface area contributed by atoms with Gasteiger partial charge in [0.1, 0.15) is 5.76 Å². The van der Waals surface area contributed by atoms with E-state index in [1.807, 2.05) is 19.9 Å². The van der Waals surface area contributed by atoms with Gasteiger partial charge in [-0.05, 0) is 13.8 Å². The average molecular weight is 179 g/mol. The molecule has 1 unspecified atom stereocenters. The maximum Gasteiger partial charge on any atom is 0.133 e. The molecule has 1 rings (SSSR count). The minimum atomic E-state index is 0.0352. The van der Waals surface area contributed by atoms with E-state index in [0.29, 0.717) is 13.1 Å². The van der Waals surface area contributed by atoms with E-state index in [4.69, 9.17) is 9.78 Å². The van der Waals surface area contributed by atoms with Crippen molar-refractivity contribution in [3.05, 3.63) is 17.5 Å². The maximum atomic E-state index is 8.51. The highest BCUT2D eigenvalue weighted by atomic mass is 16.5. The second kappa shape index (κ2) is 4.63. The van der Waals surface area contributed by atoms with Gasteiger partial charge in [-0.1, -0.05) is 5.16 Å². The Kier molecular flexibility index (Phi) is 3.47. The topological polar surface area (TPSA) is 61.9 Å². The van der Waals surface area contributed by atoms with Gasteiger partial charge in [-0.15, -0.1) is 0 Å². The van der Waals surface area contributed by atoms with E-state index < -0.39 is 0 Å². The van der Waals surface area contributed by atoms with Crippen molar-refractivity contribution in [2.45, 2.75) is 20.4 Å². The zero-order valence-electron chi connectivity index (χ0n) is 7.87. The first-order chi connectivity index (χ1) is 6.22. The summed E-state index contributed by atoms with van der Waals surface area (Å²) in [7, 11) is 0. The number of nitrogens with zero attached hydrogens (tertiary/aromatic N) is 2. The standard InChI is InChI=1S/C9H13N3O/c1-7(4-10)5-11-6-9-3-8(2)13-12-9/h3,7,11H,5-6H2,1-2H3. The number of nitrogens with one attached hydrogen (secondary N) is 1. The summed E-state index contributed by atoms with van der Waals surface area (Å²) in [6.07, 6.45) is 0. The Bertz CT molecular complexity index is 300. The zero-order valence-corrected chi connectivity index (χ0v) is 7.87. The summed E-state index contributed by atoms with van der Waals surface area (Å²) < 4.78 is 4.89. The number of aromatic nitrogens is 1. The molecule has 0 aliphatic heterocycles. The van der Waals surface area contributed by atoms with E-state index in [0.717, 1.165) is 11.5 Å². The molecule has 0 saturated heterocycles. The largest absolute Gasteiger partial charge is 0.361 e. The Labute approximate surface area is 77.5 Å². The summed E-state index contributed by atoms with van der Waals surface area (Å²) in [5, 5.41) is 15.5. The summed E-state index contributed by atoms with van der Waals surface area (Å²) in [6.45, 7) is 5.07. The van der Waals surface area contributed by atoms with Crippen LogP contribution in [0.2, 0.25) is 0 Å². The van der Waals surface area contributed by atoms with Gasteiger partial charge in [-0.2, -0.15) is 5.26 Å². The lowest BCUT2D eigenvalue weighted by Gasteiger charge is -2.01. The summed E-state index contributed by atoms with van der Waals surface area (Å²) in [5.74, 6) is 0.845. The van der Waals surface area contributed by atoms with Crippen LogP contribution in [0.4, 0.5) is 0 Å². The highest BCUT2D eigenvalue weighted by molar-refractivity contribution is 5.02. The second-order valence-electron chi connectivity index (χ2n) is 3.09. The number of nitriles is 1. The number of hydrogen-bond donors (Lipinski definition) is 1. The Balaban J connectivity index is 2.25. The predicted molar refractivity (Wildman–Crippen MR) is 47.7 cm³/mol. The van der Waals surface area contributed by atoms with E-state index in [9.17, 15) is 0 Å². The van der Waals surface area contributed by atoms with Crippen molar-refractivity contribution in [2.75, 3.05) is 6.54 Å². The zero-order chi connectivity index (χ0) is 9.68. The van der Waals surface area contributed by atoms with Crippen molar-refractivity contribution in [1.29, 1.82) is 5.26 Å². The van der Waals surface area contributed by atoms with E-state index in [1.54, 1.807) is 0 Å². The van der Waals surface area contributed by atoms with Gasteiger partial charge < -0.3 is 9.84 Å². The summed E-state index contributed by atoms with van der Waals surface area (Å²) in [4.78, 5) is 0. The molecule has 0 spiro atoms. The van der Waals surface area contributed by atoms with Crippen molar-refractivity contribution < 1.29 is 4.52 Å². The van der Waals surface area contributed by atoms with E-state index in [1.165, 1.54) is 0 Å². The Morgan fingerprint density at radius 1 is 1.77 bits per heavy atom. The molecule has 0 aliphatic carbocycles. The third-order valence-electron chi connectivity index (χ3n) is 1.65. The molecule has 1 N–H and O–H groups in total. The van der Waals surface area contributed by atoms with Gasteiger partial charge in [0.25, 0.3) is 0 Å². The second-order valence-corrected chi connectivity index (χ2v) is 3.09. The first kappa shape index (κ1) is 9.75. The van der Waals surface area contributed by atoms with Crippen LogP contribution in [0.15, 0.2) is 10.6 Å². The van der Waals surface area contributed by atoms with Gasteiger partial charge in [0.2, 0.25) is 0 Å². The third-order valence-corrected chi connectivity index (χ3v) is 1.65. The van der Waals surface area contributed by atoms with Gasteiger partial charge >= 0.3 is 0 Å². The lowest BCUT2D eigenvalue weighted by Crippen LogP contribution is -2.19. The monoisotopic (exact) mass is 179 g/mol. The van der Waals surface area contributed by atoms with Crippen LogP contribution in [0.25, 0.3) is 0 Å². The normalized spacial score (nSPS) is 12.4. The van der Waals surface area contributed by atoms with E-state index in [2.05, 4.69) is 16.5 Å². The molecule has 1 aromatic rings. The van der Waals surface area contributed by atoms with Crippen LogP contribution in [0.5, 0.6) is 0 Å². The SMILES string of the molecule is Cc1cc(CNCC(C)C#N)no1. The smallest absolute Gasteiger partial charge is 0.133 e. The molecule has 1 heterocycles. The molecule has 1 atom stereocenters. The maximum absolute atomic E-state index is 8.51. The fourth-order valence-corrected chi connectivity index (χ4v) is 0.964. The molecular formula is C9H13N3O. The molecule has 0 radical (unpaired) electrons. The lowest BCUT2D eigenvalue weighted by atomic mass is 10.2. The Hall–Kier alpha value is -1.34. The van der Waals surface area contributed by atoms with Crippen LogP contribution >= 0.6 is 0 Å². The molecule has 4 nitrogen and oxygen atoms in total. The minimum absolute atomic E-state index is 0.0352. The Morgan fingerprint density at radius 2 is 2.54 bits per heavy atom. The van der Waals surface area contributed by atoms with Gasteiger partial charge in [-0.25, -0.2) is 0 Å². The quantitative estimate of drug-likeness (QED) is 0.755. The third kappa shape index (κ3) is 3.26. The van der Waals surface area contributed by atoms with Crippen molar-refractivity contribution in [2.24, 2.45) is 5.92 Å². The molecule has 0 aliphatic rings. The fraction of sp³-hybridized carbons (Fsp3) is 0.556. The van der Waals surface area contributed by atoms with Crippen LogP contribution in [0.1, 0.15) is 18.4 Å². The molecular weight excluding hydrogens is 166 g/mol. The predicted octanol–water partition coefficient (Wildman–Crippen LogP) is 1.23. The van der Waals surface area contributed by atoms with Crippen LogP contribution in [0, 0.1) is 24.2 Å². The van der Waals surface area contributed by atoms with Gasteiger partial charge in [0.15, 0.2) is 0 Å². The molecule has 0 fully saturated rings. The molecule has 0 bridgehead atoms. The van der Waals surface area contributed by atoms with Crippen LogP contribution in [-0.2, 0) is 6.54 Å². The lowest BCUT2D eigenvalue weighted by molar-refractivity contribution is 0.387. The number of aryl methyl sites for hydroxylation is 1. The van der Waals surface area contributed by atoms with Crippen molar-refractivity contribution in [1.82, 2.24) is 10.5 Å². The molecule has 0 amide bonds. The molecule has 0 saturated carbocycles.